The van der Waals surface area contributed by atoms with E-state index in [4.69, 9.17) is 10.8 Å². The van der Waals surface area contributed by atoms with E-state index in [0.29, 0.717) is 6.42 Å². The molecule has 0 bridgehead atoms. The topological polar surface area (TPSA) is 74.9 Å². The highest BCUT2D eigenvalue weighted by molar-refractivity contribution is 5.81. The summed E-state index contributed by atoms with van der Waals surface area (Å²) in [6.07, 6.45) is 4.13. The Kier molecular flexibility index (Phi) is 2.47. The third-order valence-corrected chi connectivity index (χ3v) is 2.30. The minimum Gasteiger partial charge on any atom is -0.396 e. The molecule has 2 aromatic rings. The number of fused-ring (bicyclic) bond motifs is 1. The van der Waals surface area contributed by atoms with Gasteiger partial charge in [-0.3, -0.25) is 4.98 Å². The summed E-state index contributed by atoms with van der Waals surface area (Å²) in [5, 5.41) is 9.84. The van der Waals surface area contributed by atoms with Gasteiger partial charge in [-0.2, -0.15) is 0 Å². The van der Waals surface area contributed by atoms with Crippen molar-refractivity contribution in [3.05, 3.63) is 30.2 Å². The van der Waals surface area contributed by atoms with E-state index in [1.165, 1.54) is 0 Å². The summed E-state index contributed by atoms with van der Waals surface area (Å²) in [7, 11) is 0. The van der Waals surface area contributed by atoms with Crippen LogP contribution < -0.4 is 5.73 Å². The lowest BCUT2D eigenvalue weighted by molar-refractivity contribution is 0.276. The van der Waals surface area contributed by atoms with Crippen LogP contribution in [0, 0.1) is 0 Å². The maximum atomic E-state index is 8.81. The van der Waals surface area contributed by atoms with Crippen molar-refractivity contribution >= 4 is 10.9 Å². The van der Waals surface area contributed by atoms with Gasteiger partial charge in [-0.05, 0) is 18.6 Å². The number of H-pyrrole nitrogens is 1. The number of rotatable bonds is 3. The monoisotopic (exact) mass is 191 g/mol. The van der Waals surface area contributed by atoms with Gasteiger partial charge in [0.1, 0.15) is 0 Å². The molecule has 1 atom stereocenters. The number of nitrogens with two attached hydrogens (primary N) is 1. The predicted octanol–water partition coefficient (Wildman–Crippen LogP) is 0.945. The van der Waals surface area contributed by atoms with Crippen molar-refractivity contribution in [2.24, 2.45) is 5.73 Å². The Morgan fingerprint density at radius 3 is 3.14 bits per heavy atom. The normalized spacial score (nSPS) is 13.3. The number of aliphatic hydroxyl groups excluding tert-OH is 1. The van der Waals surface area contributed by atoms with Gasteiger partial charge in [-0.1, -0.05) is 0 Å². The van der Waals surface area contributed by atoms with Gasteiger partial charge >= 0.3 is 0 Å². The first-order valence-electron chi connectivity index (χ1n) is 4.61. The molecule has 0 aromatic carbocycles. The predicted molar refractivity (Wildman–Crippen MR) is 54.7 cm³/mol. The first-order chi connectivity index (χ1) is 6.83. The molecule has 0 saturated heterocycles. The van der Waals surface area contributed by atoms with Crippen LogP contribution in [0.5, 0.6) is 0 Å². The third kappa shape index (κ3) is 1.49. The second kappa shape index (κ2) is 3.77. The highest BCUT2D eigenvalue weighted by Gasteiger charge is 2.10. The summed E-state index contributed by atoms with van der Waals surface area (Å²) in [4.78, 5) is 7.34. The number of aliphatic hydroxyl groups is 1. The van der Waals surface area contributed by atoms with Crippen molar-refractivity contribution in [2.45, 2.75) is 12.5 Å². The van der Waals surface area contributed by atoms with E-state index < -0.39 is 0 Å². The summed E-state index contributed by atoms with van der Waals surface area (Å²) in [6, 6.07) is 3.67. The molecule has 4 N–H and O–H groups in total. The quantitative estimate of drug-likeness (QED) is 0.676. The summed E-state index contributed by atoms with van der Waals surface area (Å²) in [6.45, 7) is 0.0870. The average Bonchev–Trinajstić information content (AvgIpc) is 2.65. The molecular weight excluding hydrogens is 178 g/mol. The zero-order valence-electron chi connectivity index (χ0n) is 7.77. The van der Waals surface area contributed by atoms with Crippen LogP contribution >= 0.6 is 0 Å². The maximum Gasteiger partial charge on any atom is 0.0665 e. The van der Waals surface area contributed by atoms with Crippen LogP contribution in [-0.2, 0) is 0 Å². The molecule has 4 heteroatoms. The summed E-state index contributed by atoms with van der Waals surface area (Å²) < 4.78 is 0. The second-order valence-corrected chi connectivity index (χ2v) is 3.25. The van der Waals surface area contributed by atoms with E-state index >= 15 is 0 Å². The van der Waals surface area contributed by atoms with E-state index in [2.05, 4.69) is 9.97 Å². The zero-order chi connectivity index (χ0) is 9.97. The molecule has 0 radical (unpaired) electrons. The highest BCUT2D eigenvalue weighted by Crippen LogP contribution is 2.21. The summed E-state index contributed by atoms with van der Waals surface area (Å²) in [5.74, 6) is 0. The van der Waals surface area contributed by atoms with Crippen LogP contribution in [0.25, 0.3) is 10.9 Å². The van der Waals surface area contributed by atoms with Crippen LogP contribution in [-0.4, -0.2) is 21.7 Å². The molecular formula is C10H13N3O. The molecule has 2 rings (SSSR count). The number of nitrogens with one attached hydrogen (secondary N) is 1. The fourth-order valence-corrected chi connectivity index (χ4v) is 1.58. The molecule has 2 heterocycles. The second-order valence-electron chi connectivity index (χ2n) is 3.25. The van der Waals surface area contributed by atoms with Crippen molar-refractivity contribution in [3.8, 4) is 0 Å². The lowest BCUT2D eigenvalue weighted by Crippen LogP contribution is -2.13. The Bertz CT molecular complexity index is 424. The van der Waals surface area contributed by atoms with Gasteiger partial charge in [0, 0.05) is 35.9 Å². The SMILES string of the molecule is NC(CCO)c1nccc2[nH]ccc12. The van der Waals surface area contributed by atoms with Crippen molar-refractivity contribution in [1.29, 1.82) is 0 Å². The molecule has 0 aliphatic carbocycles. The maximum absolute atomic E-state index is 8.81. The largest absolute Gasteiger partial charge is 0.396 e. The lowest BCUT2D eigenvalue weighted by Gasteiger charge is -2.09. The number of nitrogens with zero attached hydrogens (tertiary/aromatic N) is 1. The first kappa shape index (κ1) is 9.18. The molecule has 0 fully saturated rings. The molecule has 1 unspecified atom stereocenters. The Morgan fingerprint density at radius 1 is 1.50 bits per heavy atom. The number of hydrogen-bond donors (Lipinski definition) is 3. The summed E-state index contributed by atoms with van der Waals surface area (Å²) >= 11 is 0. The van der Waals surface area contributed by atoms with Gasteiger partial charge in [0.15, 0.2) is 0 Å². The summed E-state index contributed by atoms with van der Waals surface area (Å²) in [5.41, 5.74) is 7.77. The Hall–Kier alpha value is -1.39. The number of aromatic amines is 1. The van der Waals surface area contributed by atoms with E-state index in [9.17, 15) is 0 Å². The van der Waals surface area contributed by atoms with Crippen LogP contribution in [0.4, 0.5) is 0 Å². The molecule has 0 amide bonds. The number of aromatic nitrogens is 2. The van der Waals surface area contributed by atoms with Crippen molar-refractivity contribution in [3.63, 3.8) is 0 Å². The molecule has 14 heavy (non-hydrogen) atoms. The highest BCUT2D eigenvalue weighted by atomic mass is 16.3. The molecule has 4 nitrogen and oxygen atoms in total. The molecule has 0 aliphatic rings. The van der Waals surface area contributed by atoms with Crippen molar-refractivity contribution < 1.29 is 5.11 Å². The van der Waals surface area contributed by atoms with Gasteiger partial charge in [-0.25, -0.2) is 0 Å². The van der Waals surface area contributed by atoms with Crippen molar-refractivity contribution in [2.75, 3.05) is 6.61 Å². The Labute approximate surface area is 81.8 Å². The fourth-order valence-electron chi connectivity index (χ4n) is 1.58. The molecule has 0 aliphatic heterocycles. The van der Waals surface area contributed by atoms with Gasteiger partial charge in [0.05, 0.1) is 5.69 Å². The van der Waals surface area contributed by atoms with E-state index in [1.807, 2.05) is 18.3 Å². The van der Waals surface area contributed by atoms with E-state index in [-0.39, 0.29) is 12.6 Å². The molecule has 74 valence electrons. The van der Waals surface area contributed by atoms with Crippen LogP contribution in [0.3, 0.4) is 0 Å². The zero-order valence-corrected chi connectivity index (χ0v) is 7.77. The Morgan fingerprint density at radius 2 is 2.36 bits per heavy atom. The first-order valence-corrected chi connectivity index (χ1v) is 4.61. The molecule has 0 spiro atoms. The van der Waals surface area contributed by atoms with Gasteiger partial charge < -0.3 is 15.8 Å². The van der Waals surface area contributed by atoms with Crippen molar-refractivity contribution in [1.82, 2.24) is 9.97 Å². The van der Waals surface area contributed by atoms with E-state index in [1.54, 1.807) is 6.20 Å². The molecule has 2 aromatic heterocycles. The lowest BCUT2D eigenvalue weighted by atomic mass is 10.1. The minimum atomic E-state index is -0.195. The average molecular weight is 191 g/mol. The Balaban J connectivity index is 2.45. The smallest absolute Gasteiger partial charge is 0.0665 e. The van der Waals surface area contributed by atoms with Gasteiger partial charge in [0.2, 0.25) is 0 Å². The molecule has 0 saturated carbocycles. The third-order valence-electron chi connectivity index (χ3n) is 2.30. The minimum absolute atomic E-state index is 0.0870. The number of pyridine rings is 1. The standard InChI is InChI=1S/C10H13N3O/c11-8(3-6-14)10-7-1-4-12-9(7)2-5-13-10/h1-2,4-5,8,12,14H,3,6,11H2. The van der Waals surface area contributed by atoms with Gasteiger partial charge in [0.25, 0.3) is 0 Å². The van der Waals surface area contributed by atoms with E-state index in [0.717, 1.165) is 16.6 Å². The van der Waals surface area contributed by atoms with Crippen LogP contribution in [0.15, 0.2) is 24.5 Å². The number of hydrogen-bond acceptors (Lipinski definition) is 3. The van der Waals surface area contributed by atoms with Crippen LogP contribution in [0.2, 0.25) is 0 Å². The van der Waals surface area contributed by atoms with Gasteiger partial charge in [-0.15, -0.1) is 0 Å². The van der Waals surface area contributed by atoms with Crippen LogP contribution in [0.1, 0.15) is 18.2 Å². The fraction of sp³-hybridized carbons (Fsp3) is 0.300.